The van der Waals surface area contributed by atoms with Crippen molar-refractivity contribution in [1.82, 2.24) is 5.32 Å². The minimum atomic E-state index is -0.826. The van der Waals surface area contributed by atoms with E-state index in [2.05, 4.69) is 11.9 Å². The number of carbonyl (C=O) groups is 3. The number of esters is 2. The molecule has 0 spiro atoms. The third kappa shape index (κ3) is 9.88. The first-order valence-electron chi connectivity index (χ1n) is 8.53. The fourth-order valence-corrected chi connectivity index (χ4v) is 1.94. The van der Waals surface area contributed by atoms with Crippen molar-refractivity contribution < 1.29 is 33.3 Å². The van der Waals surface area contributed by atoms with Crippen LogP contribution < -0.4 is 10.1 Å². The van der Waals surface area contributed by atoms with Crippen LogP contribution in [0.4, 0.5) is 4.79 Å². The topological polar surface area (TPSA) is 100 Å². The molecule has 0 aliphatic heterocycles. The Bertz CT molecular complexity index is 645. The molecule has 1 amide bonds. The zero-order valence-corrected chi connectivity index (χ0v) is 15.6. The molecule has 0 aliphatic carbocycles. The number of amides is 1. The predicted molar refractivity (Wildman–Crippen MR) is 97.4 cm³/mol. The van der Waals surface area contributed by atoms with E-state index in [1.165, 1.54) is 6.92 Å². The van der Waals surface area contributed by atoms with Crippen molar-refractivity contribution in [1.29, 1.82) is 0 Å². The van der Waals surface area contributed by atoms with Gasteiger partial charge in [-0.15, -0.1) is 0 Å². The summed E-state index contributed by atoms with van der Waals surface area (Å²) in [4.78, 5) is 33.8. The van der Waals surface area contributed by atoms with Crippen LogP contribution in [0.15, 0.2) is 36.9 Å². The summed E-state index contributed by atoms with van der Waals surface area (Å²) in [5.74, 6) is -0.456. The Labute approximate surface area is 158 Å². The van der Waals surface area contributed by atoms with Crippen LogP contribution >= 0.6 is 0 Å². The molecule has 27 heavy (non-hydrogen) atoms. The van der Waals surface area contributed by atoms with Gasteiger partial charge in [0.1, 0.15) is 25.6 Å². The molecule has 148 valence electrons. The Morgan fingerprint density at radius 1 is 1.22 bits per heavy atom. The summed E-state index contributed by atoms with van der Waals surface area (Å²) in [6, 6.07) is 7.50. The first-order chi connectivity index (χ1) is 12.9. The molecular weight excluding hydrogens is 354 g/mol. The second-order valence-electron chi connectivity index (χ2n) is 5.44. The van der Waals surface area contributed by atoms with Crippen LogP contribution in [0.25, 0.3) is 0 Å². The van der Waals surface area contributed by atoms with Gasteiger partial charge in [0.2, 0.25) is 0 Å². The maximum absolute atomic E-state index is 11.8. The Morgan fingerprint density at radius 3 is 2.67 bits per heavy atom. The maximum Gasteiger partial charge on any atom is 0.407 e. The minimum absolute atomic E-state index is 0.00500. The summed E-state index contributed by atoms with van der Waals surface area (Å²) < 4.78 is 20.5. The summed E-state index contributed by atoms with van der Waals surface area (Å²) in [6.07, 6.45) is 0.307. The van der Waals surface area contributed by atoms with Crippen molar-refractivity contribution in [3.05, 3.63) is 42.5 Å². The third-order valence-electron chi connectivity index (χ3n) is 3.27. The summed E-state index contributed by atoms with van der Waals surface area (Å²) in [6.45, 7) is 6.54. The molecule has 8 nitrogen and oxygen atoms in total. The summed E-state index contributed by atoms with van der Waals surface area (Å²) in [7, 11) is 0. The van der Waals surface area contributed by atoms with Gasteiger partial charge in [0.15, 0.2) is 6.10 Å². The van der Waals surface area contributed by atoms with Crippen molar-refractivity contribution >= 4 is 18.0 Å². The first kappa shape index (κ1) is 22.0. The average molecular weight is 379 g/mol. The summed E-state index contributed by atoms with van der Waals surface area (Å²) in [5, 5.41) is 2.43. The number of benzene rings is 1. The number of hydrogen-bond acceptors (Lipinski definition) is 7. The molecule has 0 radical (unpaired) electrons. The standard InChI is InChI=1S/C19H25NO7/c1-4-15-7-6-8-16(11-15)25-12-17(13-26-18(22)5-2)27-19(23)20-9-10-24-14(3)21/h5-8,11,17H,2,4,9-10,12-13H2,1,3H3,(H,20,23). The molecule has 1 N–H and O–H groups in total. The SMILES string of the molecule is C=CC(=O)OCC(COc1cccc(CC)c1)OC(=O)NCCOC(C)=O. The Kier molecular flexibility index (Phi) is 10.1. The molecular formula is C19H25NO7. The molecule has 0 aromatic heterocycles. The molecule has 0 saturated heterocycles. The van der Waals surface area contributed by atoms with E-state index in [9.17, 15) is 14.4 Å². The zero-order valence-electron chi connectivity index (χ0n) is 15.6. The van der Waals surface area contributed by atoms with Crippen LogP contribution in [-0.2, 0) is 30.2 Å². The van der Waals surface area contributed by atoms with E-state index >= 15 is 0 Å². The predicted octanol–water partition coefficient (Wildman–Crippen LogP) is 2.01. The molecule has 0 saturated carbocycles. The summed E-state index contributed by atoms with van der Waals surface area (Å²) in [5.41, 5.74) is 1.10. The smallest absolute Gasteiger partial charge is 0.407 e. The highest BCUT2D eigenvalue weighted by Crippen LogP contribution is 2.14. The van der Waals surface area contributed by atoms with Crippen LogP contribution in [0.2, 0.25) is 0 Å². The number of rotatable bonds is 11. The van der Waals surface area contributed by atoms with Gasteiger partial charge in [0, 0.05) is 13.0 Å². The van der Waals surface area contributed by atoms with E-state index in [0.29, 0.717) is 5.75 Å². The molecule has 0 fully saturated rings. The van der Waals surface area contributed by atoms with Gasteiger partial charge in [-0.1, -0.05) is 25.6 Å². The fraction of sp³-hybridized carbons (Fsp3) is 0.421. The molecule has 1 atom stereocenters. The summed E-state index contributed by atoms with van der Waals surface area (Å²) >= 11 is 0. The van der Waals surface area contributed by atoms with Crippen LogP contribution in [0.5, 0.6) is 5.75 Å². The highest BCUT2D eigenvalue weighted by molar-refractivity contribution is 5.81. The lowest BCUT2D eigenvalue weighted by molar-refractivity contribution is -0.141. The lowest BCUT2D eigenvalue weighted by Gasteiger charge is -2.19. The highest BCUT2D eigenvalue weighted by Gasteiger charge is 2.17. The normalized spacial score (nSPS) is 11.0. The second kappa shape index (κ2) is 12.3. The highest BCUT2D eigenvalue weighted by atomic mass is 16.6. The molecule has 0 bridgehead atoms. The van der Waals surface area contributed by atoms with Crippen LogP contribution in [-0.4, -0.2) is 50.5 Å². The van der Waals surface area contributed by atoms with Gasteiger partial charge in [-0.2, -0.15) is 0 Å². The number of alkyl carbamates (subject to hydrolysis) is 1. The minimum Gasteiger partial charge on any atom is -0.490 e. The first-order valence-corrected chi connectivity index (χ1v) is 8.53. The van der Waals surface area contributed by atoms with E-state index in [4.69, 9.17) is 18.9 Å². The van der Waals surface area contributed by atoms with Gasteiger partial charge < -0.3 is 24.3 Å². The Hall–Kier alpha value is -3.03. The lowest BCUT2D eigenvalue weighted by Crippen LogP contribution is -2.36. The number of aryl methyl sites for hydroxylation is 1. The van der Waals surface area contributed by atoms with Crippen molar-refractivity contribution in [2.45, 2.75) is 26.4 Å². The van der Waals surface area contributed by atoms with Crippen LogP contribution in [0.3, 0.4) is 0 Å². The van der Waals surface area contributed by atoms with Crippen molar-refractivity contribution in [2.75, 3.05) is 26.4 Å². The van der Waals surface area contributed by atoms with Gasteiger partial charge in [0.25, 0.3) is 0 Å². The number of nitrogens with one attached hydrogen (secondary N) is 1. The molecule has 1 aromatic carbocycles. The Balaban J connectivity index is 2.54. The van der Waals surface area contributed by atoms with Crippen molar-refractivity contribution in [3.63, 3.8) is 0 Å². The van der Waals surface area contributed by atoms with Gasteiger partial charge in [0.05, 0.1) is 6.54 Å². The van der Waals surface area contributed by atoms with Crippen LogP contribution in [0, 0.1) is 0 Å². The van der Waals surface area contributed by atoms with E-state index in [0.717, 1.165) is 18.1 Å². The zero-order chi connectivity index (χ0) is 20.1. The quantitative estimate of drug-likeness (QED) is 0.272. The molecule has 0 aliphatic rings. The van der Waals surface area contributed by atoms with E-state index in [1.807, 2.05) is 25.1 Å². The van der Waals surface area contributed by atoms with E-state index in [-0.39, 0.29) is 26.4 Å². The maximum atomic E-state index is 11.8. The number of ether oxygens (including phenoxy) is 4. The Morgan fingerprint density at radius 2 is 2.00 bits per heavy atom. The van der Waals surface area contributed by atoms with Crippen molar-refractivity contribution in [3.8, 4) is 5.75 Å². The number of hydrogen-bond donors (Lipinski definition) is 1. The molecule has 1 unspecified atom stereocenters. The average Bonchev–Trinajstić information content (AvgIpc) is 2.67. The molecule has 1 rings (SSSR count). The lowest BCUT2D eigenvalue weighted by atomic mass is 10.2. The van der Waals surface area contributed by atoms with Crippen LogP contribution in [0.1, 0.15) is 19.4 Å². The van der Waals surface area contributed by atoms with Gasteiger partial charge in [-0.3, -0.25) is 4.79 Å². The van der Waals surface area contributed by atoms with E-state index < -0.39 is 24.1 Å². The third-order valence-corrected chi connectivity index (χ3v) is 3.27. The van der Waals surface area contributed by atoms with Gasteiger partial charge in [-0.05, 0) is 24.1 Å². The van der Waals surface area contributed by atoms with E-state index in [1.54, 1.807) is 6.07 Å². The van der Waals surface area contributed by atoms with Gasteiger partial charge in [-0.25, -0.2) is 9.59 Å². The van der Waals surface area contributed by atoms with Crippen molar-refractivity contribution in [2.24, 2.45) is 0 Å². The number of carbonyl (C=O) groups excluding carboxylic acids is 3. The monoisotopic (exact) mass is 379 g/mol. The second-order valence-corrected chi connectivity index (χ2v) is 5.44. The molecule has 1 aromatic rings. The largest absolute Gasteiger partial charge is 0.490 e. The molecule has 0 heterocycles. The van der Waals surface area contributed by atoms with Gasteiger partial charge >= 0.3 is 18.0 Å². The molecule has 8 heteroatoms. The fourth-order valence-electron chi connectivity index (χ4n) is 1.94.